The fourth-order valence-corrected chi connectivity index (χ4v) is 2.02. The van der Waals surface area contributed by atoms with Crippen LogP contribution in [0.25, 0.3) is 11.4 Å². The molecule has 2 rings (SSSR count). The lowest BCUT2D eigenvalue weighted by atomic mass is 9.99. The molecule has 1 heterocycles. The second-order valence-corrected chi connectivity index (χ2v) is 5.60. The normalized spacial score (nSPS) is 11.8. The van der Waals surface area contributed by atoms with Crippen molar-refractivity contribution < 1.29 is 0 Å². The number of aryl methyl sites for hydroxylation is 2. The Balaban J connectivity index is 2.61. The quantitative estimate of drug-likeness (QED) is 0.860. The first-order valence-electron chi connectivity index (χ1n) is 6.52. The zero-order valence-electron chi connectivity index (χ0n) is 12.2. The van der Waals surface area contributed by atoms with Gasteiger partial charge in [0, 0.05) is 11.3 Å². The van der Waals surface area contributed by atoms with Crippen molar-refractivity contribution in [2.75, 3.05) is 5.73 Å². The van der Waals surface area contributed by atoms with Crippen LogP contribution in [0.15, 0.2) is 12.1 Å². The number of anilines is 1. The lowest BCUT2D eigenvalue weighted by molar-refractivity contribution is 0.304. The second-order valence-electron chi connectivity index (χ2n) is 5.60. The number of hydrogen-bond acceptors (Lipinski definition) is 4. The topological polar surface area (TPSA) is 69.6 Å². The molecular formula is C14H21N5. The van der Waals surface area contributed by atoms with E-state index >= 15 is 0 Å². The van der Waals surface area contributed by atoms with Gasteiger partial charge in [0.2, 0.25) is 0 Å². The van der Waals surface area contributed by atoms with E-state index in [9.17, 15) is 0 Å². The van der Waals surface area contributed by atoms with Gasteiger partial charge in [0.15, 0.2) is 5.82 Å². The van der Waals surface area contributed by atoms with Crippen molar-refractivity contribution in [2.24, 2.45) is 0 Å². The van der Waals surface area contributed by atoms with Gasteiger partial charge in [0.05, 0.1) is 5.54 Å². The van der Waals surface area contributed by atoms with Crippen molar-refractivity contribution >= 4 is 5.69 Å². The molecule has 0 fully saturated rings. The Hall–Kier alpha value is -1.91. The number of rotatable bonds is 3. The largest absolute Gasteiger partial charge is 0.398 e. The summed E-state index contributed by atoms with van der Waals surface area (Å²) in [5.41, 5.74) is 9.86. The Morgan fingerprint density at radius 1 is 1.21 bits per heavy atom. The summed E-state index contributed by atoms with van der Waals surface area (Å²) in [5, 5.41) is 12.1. The highest BCUT2D eigenvalue weighted by Crippen LogP contribution is 2.29. The third kappa shape index (κ3) is 2.32. The van der Waals surface area contributed by atoms with E-state index in [1.165, 1.54) is 0 Å². The Labute approximate surface area is 113 Å². The van der Waals surface area contributed by atoms with Crippen LogP contribution in [0, 0.1) is 13.8 Å². The Morgan fingerprint density at radius 3 is 2.53 bits per heavy atom. The monoisotopic (exact) mass is 259 g/mol. The van der Waals surface area contributed by atoms with Crippen LogP contribution in [0.4, 0.5) is 5.69 Å². The van der Waals surface area contributed by atoms with Crippen LogP contribution in [-0.4, -0.2) is 20.2 Å². The molecule has 2 N–H and O–H groups in total. The van der Waals surface area contributed by atoms with Gasteiger partial charge in [-0.1, -0.05) is 13.0 Å². The van der Waals surface area contributed by atoms with Crippen LogP contribution in [0.2, 0.25) is 0 Å². The molecule has 0 aliphatic carbocycles. The molecular weight excluding hydrogens is 238 g/mol. The van der Waals surface area contributed by atoms with Gasteiger partial charge in [-0.3, -0.25) is 0 Å². The van der Waals surface area contributed by atoms with Crippen LogP contribution >= 0.6 is 0 Å². The Kier molecular flexibility index (Phi) is 3.30. The van der Waals surface area contributed by atoms with E-state index in [0.29, 0.717) is 0 Å². The van der Waals surface area contributed by atoms with Crippen LogP contribution < -0.4 is 5.73 Å². The smallest absolute Gasteiger partial charge is 0.182 e. The van der Waals surface area contributed by atoms with Crippen LogP contribution in [0.1, 0.15) is 38.3 Å². The summed E-state index contributed by atoms with van der Waals surface area (Å²) >= 11 is 0. The summed E-state index contributed by atoms with van der Waals surface area (Å²) in [6, 6.07) is 4.03. The third-order valence-corrected chi connectivity index (χ3v) is 3.76. The first-order chi connectivity index (χ1) is 8.86. The molecule has 0 bridgehead atoms. The van der Waals surface area contributed by atoms with Gasteiger partial charge in [0.1, 0.15) is 0 Å². The molecule has 1 aromatic carbocycles. The molecule has 5 heteroatoms. The van der Waals surface area contributed by atoms with Gasteiger partial charge in [0.25, 0.3) is 0 Å². The SMILES string of the molecule is CCC(C)(C)n1nnnc1-c1cc(N)c(C)cc1C. The minimum Gasteiger partial charge on any atom is -0.398 e. The maximum absolute atomic E-state index is 6.01. The van der Waals surface area contributed by atoms with Gasteiger partial charge < -0.3 is 5.73 Å². The molecule has 0 atom stereocenters. The number of aromatic nitrogens is 4. The average molecular weight is 259 g/mol. The van der Waals surface area contributed by atoms with E-state index in [4.69, 9.17) is 5.73 Å². The molecule has 102 valence electrons. The molecule has 2 aromatic rings. The Morgan fingerprint density at radius 2 is 1.89 bits per heavy atom. The number of nitrogen functional groups attached to an aromatic ring is 1. The first-order valence-corrected chi connectivity index (χ1v) is 6.52. The zero-order chi connectivity index (χ0) is 14.2. The number of tetrazole rings is 1. The van der Waals surface area contributed by atoms with Crippen LogP contribution in [0.5, 0.6) is 0 Å². The van der Waals surface area contributed by atoms with Crippen molar-refractivity contribution in [1.29, 1.82) is 0 Å². The maximum atomic E-state index is 6.01. The standard InChI is InChI=1S/C14H21N5/c1-6-14(4,5)19-13(16-17-18-19)11-8-12(15)10(3)7-9(11)2/h7-8H,6,15H2,1-5H3. The number of nitrogens with zero attached hydrogens (tertiary/aromatic N) is 4. The Bertz CT molecular complexity index is 598. The average Bonchev–Trinajstić information content (AvgIpc) is 2.83. The predicted octanol–water partition coefficient (Wildman–Crippen LogP) is 2.68. The van der Waals surface area contributed by atoms with E-state index in [1.807, 2.05) is 17.7 Å². The van der Waals surface area contributed by atoms with Crippen LogP contribution in [-0.2, 0) is 5.54 Å². The zero-order valence-corrected chi connectivity index (χ0v) is 12.2. The van der Waals surface area contributed by atoms with Gasteiger partial charge >= 0.3 is 0 Å². The van der Waals surface area contributed by atoms with Gasteiger partial charge in [-0.05, 0) is 61.7 Å². The van der Waals surface area contributed by atoms with Crippen molar-refractivity contribution in [1.82, 2.24) is 20.2 Å². The summed E-state index contributed by atoms with van der Waals surface area (Å²) < 4.78 is 1.88. The molecule has 0 spiro atoms. The van der Waals surface area contributed by atoms with E-state index in [0.717, 1.165) is 34.6 Å². The van der Waals surface area contributed by atoms with Crippen molar-refractivity contribution in [3.05, 3.63) is 23.3 Å². The molecule has 0 saturated carbocycles. The van der Waals surface area contributed by atoms with Crippen molar-refractivity contribution in [2.45, 2.75) is 46.6 Å². The molecule has 0 aliphatic heterocycles. The molecule has 0 saturated heterocycles. The summed E-state index contributed by atoms with van der Waals surface area (Å²) in [6.07, 6.45) is 0.950. The highest BCUT2D eigenvalue weighted by atomic mass is 15.6. The summed E-state index contributed by atoms with van der Waals surface area (Å²) in [7, 11) is 0. The predicted molar refractivity (Wildman–Crippen MR) is 76.8 cm³/mol. The first kappa shape index (κ1) is 13.5. The molecule has 0 aliphatic rings. The lowest BCUT2D eigenvalue weighted by Gasteiger charge is -2.24. The maximum Gasteiger partial charge on any atom is 0.182 e. The fourth-order valence-electron chi connectivity index (χ4n) is 2.02. The van der Waals surface area contributed by atoms with E-state index in [-0.39, 0.29) is 5.54 Å². The third-order valence-electron chi connectivity index (χ3n) is 3.76. The molecule has 1 aromatic heterocycles. The summed E-state index contributed by atoms with van der Waals surface area (Å²) in [6.45, 7) is 10.4. The van der Waals surface area contributed by atoms with Crippen molar-refractivity contribution in [3.63, 3.8) is 0 Å². The lowest BCUT2D eigenvalue weighted by Crippen LogP contribution is -2.27. The fraction of sp³-hybridized carbons (Fsp3) is 0.500. The minimum atomic E-state index is -0.120. The highest BCUT2D eigenvalue weighted by molar-refractivity contribution is 5.67. The number of nitrogens with two attached hydrogens (primary N) is 1. The summed E-state index contributed by atoms with van der Waals surface area (Å²) in [5.74, 6) is 0.774. The molecule has 19 heavy (non-hydrogen) atoms. The van der Waals surface area contributed by atoms with Gasteiger partial charge in [-0.15, -0.1) is 5.10 Å². The van der Waals surface area contributed by atoms with E-state index < -0.39 is 0 Å². The van der Waals surface area contributed by atoms with Crippen molar-refractivity contribution in [3.8, 4) is 11.4 Å². The van der Waals surface area contributed by atoms with Gasteiger partial charge in [-0.25, -0.2) is 4.68 Å². The molecule has 0 amide bonds. The molecule has 0 unspecified atom stereocenters. The molecule has 5 nitrogen and oxygen atoms in total. The van der Waals surface area contributed by atoms with E-state index in [2.05, 4.69) is 49.3 Å². The van der Waals surface area contributed by atoms with Crippen LogP contribution in [0.3, 0.4) is 0 Å². The second kappa shape index (κ2) is 4.64. The molecule has 0 radical (unpaired) electrons. The highest BCUT2D eigenvalue weighted by Gasteiger charge is 2.24. The number of benzene rings is 1. The summed E-state index contributed by atoms with van der Waals surface area (Å²) in [4.78, 5) is 0. The van der Waals surface area contributed by atoms with Gasteiger partial charge in [-0.2, -0.15) is 0 Å². The number of hydrogen-bond donors (Lipinski definition) is 1. The minimum absolute atomic E-state index is 0.120. The van der Waals surface area contributed by atoms with E-state index in [1.54, 1.807) is 0 Å².